The lowest BCUT2D eigenvalue weighted by molar-refractivity contribution is 0.0691. The normalized spacial score (nSPS) is 10.1. The summed E-state index contributed by atoms with van der Waals surface area (Å²) in [4.78, 5) is 11.0. The van der Waals surface area contributed by atoms with E-state index in [9.17, 15) is 9.18 Å². The number of halogens is 1. The van der Waals surface area contributed by atoms with Crippen LogP contribution in [0.5, 0.6) is 11.5 Å². The molecule has 0 aliphatic carbocycles. The minimum absolute atomic E-state index is 0.0441. The zero-order valence-electron chi connectivity index (χ0n) is 9.55. The van der Waals surface area contributed by atoms with Crippen LogP contribution in [-0.4, -0.2) is 25.3 Å². The van der Waals surface area contributed by atoms with Gasteiger partial charge in [0.2, 0.25) is 0 Å². The number of carboxylic acids is 1. The summed E-state index contributed by atoms with van der Waals surface area (Å²) in [7, 11) is 2.66. The zero-order chi connectivity index (χ0) is 12.5. The van der Waals surface area contributed by atoms with Gasteiger partial charge in [0.05, 0.1) is 14.2 Å². The van der Waals surface area contributed by atoms with Gasteiger partial charge >= 0.3 is 5.97 Å². The number of hydrogen-bond donors (Lipinski definition) is 1. The van der Waals surface area contributed by atoms with Crippen LogP contribution in [0.25, 0.3) is 0 Å². The molecule has 1 aromatic rings. The Morgan fingerprint density at radius 2 is 1.62 bits per heavy atom. The van der Waals surface area contributed by atoms with Crippen LogP contribution in [0, 0.1) is 19.7 Å². The molecule has 88 valence electrons. The largest absolute Gasteiger partial charge is 0.492 e. The molecule has 1 N–H and O–H groups in total. The summed E-state index contributed by atoms with van der Waals surface area (Å²) >= 11 is 0. The molecule has 0 fully saturated rings. The molecule has 16 heavy (non-hydrogen) atoms. The van der Waals surface area contributed by atoms with Gasteiger partial charge < -0.3 is 14.6 Å². The molecule has 0 saturated carbocycles. The predicted octanol–water partition coefficient (Wildman–Crippen LogP) is 2.16. The van der Waals surface area contributed by atoms with Gasteiger partial charge in [-0.15, -0.1) is 0 Å². The molecule has 0 unspecified atom stereocenters. The van der Waals surface area contributed by atoms with E-state index in [-0.39, 0.29) is 28.2 Å². The number of carbonyl (C=O) groups is 1. The lowest BCUT2D eigenvalue weighted by Gasteiger charge is -2.16. The van der Waals surface area contributed by atoms with E-state index in [1.165, 1.54) is 28.1 Å². The summed E-state index contributed by atoms with van der Waals surface area (Å²) in [5.41, 5.74) is 0.0759. The van der Waals surface area contributed by atoms with E-state index in [0.29, 0.717) is 0 Å². The van der Waals surface area contributed by atoms with E-state index < -0.39 is 11.8 Å². The third-order valence-corrected chi connectivity index (χ3v) is 2.43. The van der Waals surface area contributed by atoms with Crippen molar-refractivity contribution < 1.29 is 23.8 Å². The second-order valence-electron chi connectivity index (χ2n) is 3.31. The van der Waals surface area contributed by atoms with E-state index in [4.69, 9.17) is 14.6 Å². The highest BCUT2D eigenvalue weighted by Crippen LogP contribution is 2.38. The summed E-state index contributed by atoms with van der Waals surface area (Å²) in [5.74, 6) is -1.67. The van der Waals surface area contributed by atoms with E-state index >= 15 is 0 Å². The molecular weight excluding hydrogens is 215 g/mol. The minimum Gasteiger partial charge on any atom is -0.492 e. The standard InChI is InChI=1S/C11H13FO4/c1-5-7(11(13)14)10(16-4)9(15-3)6(2)8(5)12/h1-4H3,(H,13,14). The Labute approximate surface area is 92.6 Å². The first-order valence-corrected chi connectivity index (χ1v) is 4.59. The van der Waals surface area contributed by atoms with Gasteiger partial charge in [0.25, 0.3) is 0 Å². The number of benzene rings is 1. The predicted molar refractivity (Wildman–Crippen MR) is 55.9 cm³/mol. The molecule has 0 spiro atoms. The van der Waals surface area contributed by atoms with Gasteiger partial charge in [0.15, 0.2) is 11.5 Å². The van der Waals surface area contributed by atoms with E-state index in [2.05, 4.69) is 0 Å². The molecule has 0 amide bonds. The van der Waals surface area contributed by atoms with Gasteiger partial charge in [-0.2, -0.15) is 0 Å². The van der Waals surface area contributed by atoms with Crippen molar-refractivity contribution in [3.8, 4) is 11.5 Å². The number of carboxylic acid groups (broad SMARTS) is 1. The summed E-state index contributed by atoms with van der Waals surface area (Å²) < 4.78 is 23.7. The summed E-state index contributed by atoms with van der Waals surface area (Å²) in [6.07, 6.45) is 0. The molecule has 0 atom stereocenters. The summed E-state index contributed by atoms with van der Waals surface area (Å²) in [5, 5.41) is 9.01. The fraction of sp³-hybridized carbons (Fsp3) is 0.364. The average molecular weight is 228 g/mol. The van der Waals surface area contributed by atoms with Crippen LogP contribution < -0.4 is 9.47 Å². The molecule has 0 radical (unpaired) electrons. The van der Waals surface area contributed by atoms with Crippen LogP contribution in [0.1, 0.15) is 21.5 Å². The first-order chi connectivity index (χ1) is 7.45. The fourth-order valence-electron chi connectivity index (χ4n) is 1.64. The van der Waals surface area contributed by atoms with Crippen molar-refractivity contribution in [3.05, 3.63) is 22.5 Å². The maximum absolute atomic E-state index is 13.7. The molecule has 4 nitrogen and oxygen atoms in total. The first kappa shape index (κ1) is 12.3. The van der Waals surface area contributed by atoms with Crippen molar-refractivity contribution >= 4 is 5.97 Å². The van der Waals surface area contributed by atoms with Gasteiger partial charge in [-0.3, -0.25) is 0 Å². The van der Waals surface area contributed by atoms with E-state index in [0.717, 1.165) is 0 Å². The Bertz CT molecular complexity index is 440. The Morgan fingerprint density at radius 1 is 1.12 bits per heavy atom. The number of aromatic carboxylic acids is 1. The van der Waals surface area contributed by atoms with Crippen LogP contribution in [0.4, 0.5) is 4.39 Å². The van der Waals surface area contributed by atoms with Crippen LogP contribution in [-0.2, 0) is 0 Å². The van der Waals surface area contributed by atoms with Crippen LogP contribution in [0.15, 0.2) is 0 Å². The van der Waals surface area contributed by atoms with Crippen LogP contribution in [0.3, 0.4) is 0 Å². The second kappa shape index (κ2) is 4.38. The van der Waals surface area contributed by atoms with E-state index in [1.807, 2.05) is 0 Å². The molecule has 0 aromatic heterocycles. The summed E-state index contributed by atoms with van der Waals surface area (Å²) in [6.45, 7) is 2.91. The zero-order valence-corrected chi connectivity index (χ0v) is 9.55. The number of ether oxygens (including phenoxy) is 2. The van der Waals surface area contributed by atoms with E-state index in [1.54, 1.807) is 0 Å². The second-order valence-corrected chi connectivity index (χ2v) is 3.31. The molecule has 0 saturated heterocycles. The first-order valence-electron chi connectivity index (χ1n) is 4.59. The topological polar surface area (TPSA) is 55.8 Å². The lowest BCUT2D eigenvalue weighted by Crippen LogP contribution is -2.09. The van der Waals surface area contributed by atoms with Crippen molar-refractivity contribution in [1.82, 2.24) is 0 Å². The molecular formula is C11H13FO4. The molecule has 0 aliphatic heterocycles. The quantitative estimate of drug-likeness (QED) is 0.861. The smallest absolute Gasteiger partial charge is 0.340 e. The summed E-state index contributed by atoms with van der Waals surface area (Å²) in [6, 6.07) is 0. The fourth-order valence-corrected chi connectivity index (χ4v) is 1.64. The van der Waals surface area contributed by atoms with Crippen molar-refractivity contribution in [2.24, 2.45) is 0 Å². The van der Waals surface area contributed by atoms with Crippen molar-refractivity contribution in [2.45, 2.75) is 13.8 Å². The molecule has 0 bridgehead atoms. The lowest BCUT2D eigenvalue weighted by atomic mass is 10.0. The third-order valence-electron chi connectivity index (χ3n) is 2.43. The van der Waals surface area contributed by atoms with Crippen LogP contribution in [0.2, 0.25) is 0 Å². The average Bonchev–Trinajstić information content (AvgIpc) is 2.24. The van der Waals surface area contributed by atoms with Crippen molar-refractivity contribution in [2.75, 3.05) is 14.2 Å². The van der Waals surface area contributed by atoms with Gasteiger partial charge in [0, 0.05) is 11.1 Å². The van der Waals surface area contributed by atoms with Gasteiger partial charge in [-0.25, -0.2) is 9.18 Å². The number of rotatable bonds is 3. The maximum atomic E-state index is 13.7. The molecule has 1 aromatic carbocycles. The van der Waals surface area contributed by atoms with Gasteiger partial charge in [0.1, 0.15) is 11.4 Å². The van der Waals surface area contributed by atoms with Gasteiger partial charge in [-0.1, -0.05) is 0 Å². The Kier molecular flexibility index (Phi) is 3.37. The number of methoxy groups -OCH3 is 2. The Balaban J connectivity index is 3.72. The van der Waals surface area contributed by atoms with Crippen molar-refractivity contribution in [1.29, 1.82) is 0 Å². The van der Waals surface area contributed by atoms with Crippen molar-refractivity contribution in [3.63, 3.8) is 0 Å². The maximum Gasteiger partial charge on any atom is 0.340 e. The molecule has 1 rings (SSSR count). The SMILES string of the molecule is COc1c(C)c(F)c(C)c(C(=O)O)c1OC. The third kappa shape index (κ3) is 1.68. The highest BCUT2D eigenvalue weighted by atomic mass is 19.1. The Hall–Kier alpha value is -1.78. The van der Waals surface area contributed by atoms with Gasteiger partial charge in [-0.05, 0) is 13.8 Å². The number of hydrogen-bond acceptors (Lipinski definition) is 3. The highest BCUT2D eigenvalue weighted by molar-refractivity contribution is 5.94. The molecule has 0 aliphatic rings. The highest BCUT2D eigenvalue weighted by Gasteiger charge is 2.25. The Morgan fingerprint density at radius 3 is 2.00 bits per heavy atom. The minimum atomic E-state index is -1.24. The molecule has 0 heterocycles. The van der Waals surface area contributed by atoms with Crippen LogP contribution >= 0.6 is 0 Å². The monoisotopic (exact) mass is 228 g/mol. The molecule has 5 heteroatoms.